The minimum atomic E-state index is -0.665. The van der Waals surface area contributed by atoms with E-state index in [9.17, 15) is 9.90 Å². The molecule has 166 valence electrons. The fourth-order valence-corrected chi connectivity index (χ4v) is 3.93. The Morgan fingerprint density at radius 1 is 1.16 bits per heavy atom. The van der Waals surface area contributed by atoms with Gasteiger partial charge >= 0.3 is 0 Å². The normalized spacial score (nSPS) is 18.0. The summed E-state index contributed by atoms with van der Waals surface area (Å²) in [5.41, 5.74) is 6.66. The minimum Gasteiger partial charge on any atom is -0.504 e. The minimum absolute atomic E-state index is 0.0178. The number of carbonyl (C=O) groups is 1. The van der Waals surface area contributed by atoms with Crippen molar-refractivity contribution >= 4 is 28.6 Å². The Morgan fingerprint density at radius 3 is 2.66 bits per heavy atom. The van der Waals surface area contributed by atoms with E-state index in [4.69, 9.17) is 19.9 Å². The molecule has 32 heavy (non-hydrogen) atoms. The Kier molecular flexibility index (Phi) is 4.96. The number of rotatable bonds is 3. The largest absolute Gasteiger partial charge is 0.504 e. The van der Waals surface area contributed by atoms with Crippen LogP contribution in [0.5, 0.6) is 23.0 Å². The summed E-state index contributed by atoms with van der Waals surface area (Å²) < 4.78 is 16.7. The number of carbonyl (C=O) groups excluding carboxylic acids is 1. The number of aromatic nitrogens is 2. The summed E-state index contributed by atoms with van der Waals surface area (Å²) in [6.45, 7) is 2.27. The highest BCUT2D eigenvalue weighted by molar-refractivity contribution is 5.91. The van der Waals surface area contributed by atoms with Crippen molar-refractivity contribution < 1.29 is 24.1 Å². The van der Waals surface area contributed by atoms with E-state index >= 15 is 0 Å². The van der Waals surface area contributed by atoms with E-state index < -0.39 is 6.10 Å². The number of ether oxygens (including phenoxy) is 3. The van der Waals surface area contributed by atoms with E-state index in [2.05, 4.69) is 9.97 Å². The molecule has 0 radical (unpaired) electrons. The number of nitrogens with zero attached hydrogens (tertiary/aromatic N) is 4. The SMILES string of the molecule is COc1cc2c(N)nc(N3CCN(C(=O)[C@H]4COc5ccccc5O4)CC3)nc2cc1O. The van der Waals surface area contributed by atoms with Crippen LogP contribution in [0.3, 0.4) is 0 Å². The van der Waals surface area contributed by atoms with Crippen LogP contribution in [-0.4, -0.2) is 71.9 Å². The quantitative estimate of drug-likeness (QED) is 0.626. The number of para-hydroxylation sites is 2. The highest BCUT2D eigenvalue weighted by Crippen LogP contribution is 2.34. The fourth-order valence-electron chi connectivity index (χ4n) is 3.93. The Hall–Kier alpha value is -3.95. The number of hydrogen-bond acceptors (Lipinski definition) is 9. The second-order valence-electron chi connectivity index (χ2n) is 7.63. The lowest BCUT2D eigenvalue weighted by atomic mass is 10.2. The maximum absolute atomic E-state index is 12.9. The number of anilines is 2. The molecule has 3 aromatic rings. The number of phenols is 1. The van der Waals surface area contributed by atoms with Crippen LogP contribution in [0.4, 0.5) is 11.8 Å². The summed E-state index contributed by atoms with van der Waals surface area (Å²) in [5.74, 6) is 2.17. The van der Waals surface area contributed by atoms with E-state index in [1.165, 1.54) is 13.2 Å². The number of methoxy groups -OCH3 is 1. The molecule has 10 heteroatoms. The van der Waals surface area contributed by atoms with Crippen LogP contribution in [-0.2, 0) is 4.79 Å². The van der Waals surface area contributed by atoms with Gasteiger partial charge < -0.3 is 34.9 Å². The number of aromatic hydroxyl groups is 1. The van der Waals surface area contributed by atoms with Gasteiger partial charge in [0.1, 0.15) is 12.4 Å². The molecule has 0 bridgehead atoms. The molecular weight excluding hydrogens is 414 g/mol. The van der Waals surface area contributed by atoms with Crippen LogP contribution in [0.1, 0.15) is 0 Å². The number of phenolic OH excluding ortho intramolecular Hbond substituents is 1. The molecule has 3 N–H and O–H groups in total. The van der Waals surface area contributed by atoms with E-state index in [1.54, 1.807) is 17.0 Å². The van der Waals surface area contributed by atoms with Crippen LogP contribution in [0.25, 0.3) is 10.9 Å². The molecule has 1 fully saturated rings. The van der Waals surface area contributed by atoms with Crippen molar-refractivity contribution in [2.45, 2.75) is 6.10 Å². The summed E-state index contributed by atoms with van der Waals surface area (Å²) in [6.07, 6.45) is -0.665. The molecule has 1 atom stereocenters. The van der Waals surface area contributed by atoms with E-state index in [-0.39, 0.29) is 18.3 Å². The van der Waals surface area contributed by atoms with Crippen LogP contribution >= 0.6 is 0 Å². The summed E-state index contributed by atoms with van der Waals surface area (Å²) in [4.78, 5) is 25.6. The van der Waals surface area contributed by atoms with Crippen LogP contribution in [0.15, 0.2) is 36.4 Å². The van der Waals surface area contributed by atoms with E-state index in [0.717, 1.165) is 0 Å². The third-order valence-corrected chi connectivity index (χ3v) is 5.67. The summed E-state index contributed by atoms with van der Waals surface area (Å²) in [5, 5.41) is 10.7. The van der Waals surface area contributed by atoms with Gasteiger partial charge in [0.2, 0.25) is 12.1 Å². The fraction of sp³-hybridized carbons (Fsp3) is 0.318. The average molecular weight is 437 g/mol. The summed E-state index contributed by atoms with van der Waals surface area (Å²) in [7, 11) is 1.47. The van der Waals surface area contributed by atoms with Gasteiger partial charge in [-0.05, 0) is 18.2 Å². The maximum Gasteiger partial charge on any atom is 0.267 e. The predicted octanol–water partition coefficient (Wildman–Crippen LogP) is 1.41. The van der Waals surface area contributed by atoms with Gasteiger partial charge in [-0.2, -0.15) is 4.98 Å². The highest BCUT2D eigenvalue weighted by atomic mass is 16.6. The van der Waals surface area contributed by atoms with Crippen molar-refractivity contribution in [1.29, 1.82) is 0 Å². The van der Waals surface area contributed by atoms with Gasteiger partial charge in [0.25, 0.3) is 5.91 Å². The maximum atomic E-state index is 12.9. The molecule has 1 amide bonds. The molecule has 10 nitrogen and oxygen atoms in total. The lowest BCUT2D eigenvalue weighted by Gasteiger charge is -2.37. The van der Waals surface area contributed by atoms with Crippen molar-refractivity contribution in [3.63, 3.8) is 0 Å². The van der Waals surface area contributed by atoms with Crippen LogP contribution in [0, 0.1) is 0 Å². The predicted molar refractivity (Wildman–Crippen MR) is 117 cm³/mol. The molecule has 0 spiro atoms. The van der Waals surface area contributed by atoms with Crippen molar-refractivity contribution in [2.75, 3.05) is 50.5 Å². The number of nitrogens with two attached hydrogens (primary N) is 1. The molecule has 5 rings (SSSR count). The zero-order valence-corrected chi connectivity index (χ0v) is 17.5. The average Bonchev–Trinajstić information content (AvgIpc) is 2.83. The van der Waals surface area contributed by atoms with Crippen molar-refractivity contribution in [1.82, 2.24) is 14.9 Å². The molecule has 2 aliphatic heterocycles. The lowest BCUT2D eigenvalue weighted by molar-refractivity contribution is -0.141. The first-order valence-corrected chi connectivity index (χ1v) is 10.3. The molecular formula is C22H23N5O5. The zero-order valence-electron chi connectivity index (χ0n) is 17.5. The van der Waals surface area contributed by atoms with Gasteiger partial charge in [0.15, 0.2) is 23.0 Å². The highest BCUT2D eigenvalue weighted by Gasteiger charge is 2.33. The Morgan fingerprint density at radius 2 is 1.91 bits per heavy atom. The standard InChI is InChI=1S/C22H23N5O5/c1-30-18-10-13-14(11-15(18)28)24-22(25-20(13)23)27-8-6-26(7-9-27)21(29)19-12-31-16-4-2-3-5-17(16)32-19/h2-5,10-11,19,28H,6-9,12H2,1H3,(H2,23,24,25)/t19-/m1/s1. The first-order chi connectivity index (χ1) is 15.5. The lowest BCUT2D eigenvalue weighted by Crippen LogP contribution is -2.54. The molecule has 0 aliphatic carbocycles. The van der Waals surface area contributed by atoms with Crippen molar-refractivity contribution in [3.8, 4) is 23.0 Å². The van der Waals surface area contributed by atoms with Gasteiger partial charge in [-0.15, -0.1) is 0 Å². The summed E-state index contributed by atoms with van der Waals surface area (Å²) >= 11 is 0. The third kappa shape index (κ3) is 3.53. The first-order valence-electron chi connectivity index (χ1n) is 10.3. The van der Waals surface area contributed by atoms with Gasteiger partial charge in [0.05, 0.1) is 12.6 Å². The number of piperazine rings is 1. The van der Waals surface area contributed by atoms with E-state index in [0.29, 0.717) is 66.1 Å². The zero-order chi connectivity index (χ0) is 22.2. The number of benzene rings is 2. The number of hydrogen-bond donors (Lipinski definition) is 2. The second kappa shape index (κ2) is 7.95. The van der Waals surface area contributed by atoms with E-state index in [1.807, 2.05) is 23.1 Å². The van der Waals surface area contributed by atoms with Gasteiger partial charge in [-0.25, -0.2) is 4.98 Å². The first kappa shape index (κ1) is 20.0. The van der Waals surface area contributed by atoms with Gasteiger partial charge in [0, 0.05) is 37.6 Å². The smallest absolute Gasteiger partial charge is 0.267 e. The Labute approximate surface area is 184 Å². The molecule has 1 saturated heterocycles. The number of nitrogen functional groups attached to an aromatic ring is 1. The van der Waals surface area contributed by atoms with Gasteiger partial charge in [-0.3, -0.25) is 4.79 Å². The summed E-state index contributed by atoms with van der Waals surface area (Å²) in [6, 6.07) is 10.4. The molecule has 2 aliphatic rings. The molecule has 1 aromatic heterocycles. The topological polar surface area (TPSA) is 123 Å². The Bertz CT molecular complexity index is 1180. The van der Waals surface area contributed by atoms with Gasteiger partial charge in [-0.1, -0.05) is 12.1 Å². The second-order valence-corrected chi connectivity index (χ2v) is 7.63. The molecule has 2 aromatic carbocycles. The van der Waals surface area contributed by atoms with Crippen LogP contribution < -0.4 is 24.8 Å². The van der Waals surface area contributed by atoms with Crippen LogP contribution in [0.2, 0.25) is 0 Å². The Balaban J connectivity index is 1.27. The monoisotopic (exact) mass is 437 g/mol. The molecule has 0 unspecified atom stereocenters. The third-order valence-electron chi connectivity index (χ3n) is 5.67. The molecule has 3 heterocycles. The number of amides is 1. The molecule has 0 saturated carbocycles. The van der Waals surface area contributed by atoms with Crippen molar-refractivity contribution in [3.05, 3.63) is 36.4 Å². The number of fused-ring (bicyclic) bond motifs is 2. The van der Waals surface area contributed by atoms with Crippen molar-refractivity contribution in [2.24, 2.45) is 0 Å².